The Bertz CT molecular complexity index is 626. The number of rotatable bonds is 6. The maximum atomic E-state index is 12.8. The maximum absolute atomic E-state index is 12.8. The standard InChI is InChI=1S/C15H17F2N3O2/c1-3-22-12-6-4-11(5-7-12)14(21)19(2)10-13-18-8-9-20(13)15(16)17/h4-9,15H,3,10H2,1-2H3. The van der Waals surface area contributed by atoms with Gasteiger partial charge in [0.1, 0.15) is 11.6 Å². The van der Waals surface area contributed by atoms with Crippen molar-refractivity contribution in [2.75, 3.05) is 13.7 Å². The van der Waals surface area contributed by atoms with E-state index in [1.807, 2.05) is 6.92 Å². The summed E-state index contributed by atoms with van der Waals surface area (Å²) < 4.78 is 31.6. The number of hydrogen-bond donors (Lipinski definition) is 0. The zero-order chi connectivity index (χ0) is 16.1. The summed E-state index contributed by atoms with van der Waals surface area (Å²) in [7, 11) is 1.54. The topological polar surface area (TPSA) is 47.4 Å². The first kappa shape index (κ1) is 15.9. The predicted octanol–water partition coefficient (Wildman–Crippen LogP) is 2.95. The van der Waals surface area contributed by atoms with Gasteiger partial charge in [0.2, 0.25) is 0 Å². The van der Waals surface area contributed by atoms with Crippen LogP contribution in [-0.4, -0.2) is 34.0 Å². The van der Waals surface area contributed by atoms with E-state index < -0.39 is 6.55 Å². The highest BCUT2D eigenvalue weighted by Crippen LogP contribution is 2.16. The van der Waals surface area contributed by atoms with Crippen molar-refractivity contribution in [2.24, 2.45) is 0 Å². The molecule has 2 rings (SSSR count). The molecule has 0 saturated heterocycles. The van der Waals surface area contributed by atoms with Crippen molar-refractivity contribution in [3.63, 3.8) is 0 Å². The van der Waals surface area contributed by atoms with Crippen LogP contribution in [0.15, 0.2) is 36.7 Å². The van der Waals surface area contributed by atoms with E-state index in [0.717, 1.165) is 4.57 Å². The molecule has 0 aliphatic rings. The van der Waals surface area contributed by atoms with Gasteiger partial charge in [0.15, 0.2) is 0 Å². The third-order valence-corrected chi connectivity index (χ3v) is 3.10. The quantitative estimate of drug-likeness (QED) is 0.824. The first-order valence-corrected chi connectivity index (χ1v) is 6.81. The lowest BCUT2D eigenvalue weighted by Crippen LogP contribution is -2.27. The number of imidazole rings is 1. The minimum atomic E-state index is -2.67. The van der Waals surface area contributed by atoms with Crippen LogP contribution in [0.3, 0.4) is 0 Å². The molecule has 1 aromatic heterocycles. The zero-order valence-electron chi connectivity index (χ0n) is 12.4. The second-order valence-electron chi connectivity index (χ2n) is 4.65. The molecular formula is C15H17F2N3O2. The van der Waals surface area contributed by atoms with E-state index in [1.54, 1.807) is 31.3 Å². The van der Waals surface area contributed by atoms with Gasteiger partial charge < -0.3 is 9.64 Å². The van der Waals surface area contributed by atoms with Gasteiger partial charge in [-0.15, -0.1) is 0 Å². The molecular weight excluding hydrogens is 292 g/mol. The Kier molecular flexibility index (Phi) is 5.08. The summed E-state index contributed by atoms with van der Waals surface area (Å²) in [6.45, 7) is -0.253. The summed E-state index contributed by atoms with van der Waals surface area (Å²) in [6.07, 6.45) is 2.48. The molecule has 1 heterocycles. The average molecular weight is 309 g/mol. The number of ether oxygens (including phenoxy) is 1. The average Bonchev–Trinajstić information content (AvgIpc) is 2.96. The molecule has 2 aromatic rings. The first-order chi connectivity index (χ1) is 10.5. The molecule has 0 bridgehead atoms. The zero-order valence-corrected chi connectivity index (χ0v) is 12.4. The highest BCUT2D eigenvalue weighted by molar-refractivity contribution is 5.94. The van der Waals surface area contributed by atoms with Crippen LogP contribution in [-0.2, 0) is 6.54 Å². The Morgan fingerprint density at radius 1 is 1.36 bits per heavy atom. The fraction of sp³-hybridized carbons (Fsp3) is 0.333. The van der Waals surface area contributed by atoms with Crippen molar-refractivity contribution in [2.45, 2.75) is 20.0 Å². The summed E-state index contributed by atoms with van der Waals surface area (Å²) in [5.74, 6) is 0.540. The maximum Gasteiger partial charge on any atom is 0.319 e. The minimum Gasteiger partial charge on any atom is -0.494 e. The third-order valence-electron chi connectivity index (χ3n) is 3.10. The van der Waals surface area contributed by atoms with Gasteiger partial charge in [0.05, 0.1) is 13.2 Å². The van der Waals surface area contributed by atoms with Gasteiger partial charge in [-0.25, -0.2) is 4.98 Å². The largest absolute Gasteiger partial charge is 0.494 e. The molecule has 5 nitrogen and oxygen atoms in total. The van der Waals surface area contributed by atoms with Crippen LogP contribution < -0.4 is 4.74 Å². The molecule has 0 spiro atoms. The first-order valence-electron chi connectivity index (χ1n) is 6.81. The van der Waals surface area contributed by atoms with Gasteiger partial charge in [-0.3, -0.25) is 9.36 Å². The monoisotopic (exact) mass is 309 g/mol. The van der Waals surface area contributed by atoms with E-state index in [2.05, 4.69) is 4.98 Å². The van der Waals surface area contributed by atoms with Gasteiger partial charge in [0, 0.05) is 25.0 Å². The number of hydrogen-bond acceptors (Lipinski definition) is 3. The van der Waals surface area contributed by atoms with Gasteiger partial charge in [0.25, 0.3) is 5.91 Å². The summed E-state index contributed by atoms with van der Waals surface area (Å²) in [5, 5.41) is 0. The predicted molar refractivity (Wildman–Crippen MR) is 76.9 cm³/mol. The smallest absolute Gasteiger partial charge is 0.319 e. The number of benzene rings is 1. The molecule has 0 aliphatic carbocycles. The molecule has 118 valence electrons. The number of carbonyl (C=O) groups excluding carboxylic acids is 1. The molecule has 0 radical (unpaired) electrons. The van der Waals surface area contributed by atoms with Gasteiger partial charge in [-0.2, -0.15) is 8.78 Å². The van der Waals surface area contributed by atoms with Crippen molar-refractivity contribution in [3.05, 3.63) is 48.0 Å². The van der Waals surface area contributed by atoms with E-state index in [1.165, 1.54) is 17.3 Å². The third kappa shape index (κ3) is 3.60. The summed E-state index contributed by atoms with van der Waals surface area (Å²) in [5.41, 5.74) is 0.459. The second-order valence-corrected chi connectivity index (χ2v) is 4.65. The van der Waals surface area contributed by atoms with Gasteiger partial charge in [-0.1, -0.05) is 0 Å². The van der Waals surface area contributed by atoms with Crippen LogP contribution in [0.2, 0.25) is 0 Å². The highest BCUT2D eigenvalue weighted by atomic mass is 19.3. The Hall–Kier alpha value is -2.44. The van der Waals surface area contributed by atoms with E-state index in [9.17, 15) is 13.6 Å². The Morgan fingerprint density at radius 3 is 2.64 bits per heavy atom. The summed E-state index contributed by atoms with van der Waals surface area (Å²) in [4.78, 5) is 17.5. The Morgan fingerprint density at radius 2 is 2.05 bits per heavy atom. The molecule has 0 saturated carbocycles. The fourth-order valence-corrected chi connectivity index (χ4v) is 2.01. The SMILES string of the molecule is CCOc1ccc(C(=O)N(C)Cc2nccn2C(F)F)cc1. The second kappa shape index (κ2) is 7.02. The molecule has 0 N–H and O–H groups in total. The van der Waals surface area contributed by atoms with E-state index in [-0.39, 0.29) is 18.3 Å². The van der Waals surface area contributed by atoms with Crippen molar-refractivity contribution in [1.29, 1.82) is 0 Å². The van der Waals surface area contributed by atoms with Crippen LogP contribution in [0.25, 0.3) is 0 Å². The molecule has 0 fully saturated rings. The lowest BCUT2D eigenvalue weighted by atomic mass is 10.2. The number of aromatic nitrogens is 2. The molecule has 22 heavy (non-hydrogen) atoms. The molecule has 1 aromatic carbocycles. The number of carbonyl (C=O) groups is 1. The molecule has 1 amide bonds. The van der Waals surface area contributed by atoms with Gasteiger partial charge in [-0.05, 0) is 31.2 Å². The lowest BCUT2D eigenvalue weighted by molar-refractivity contribution is 0.0612. The highest BCUT2D eigenvalue weighted by Gasteiger charge is 2.17. The number of amides is 1. The van der Waals surface area contributed by atoms with Crippen molar-refractivity contribution in [3.8, 4) is 5.75 Å². The molecule has 0 aliphatic heterocycles. The van der Waals surface area contributed by atoms with Crippen LogP contribution in [0.1, 0.15) is 29.7 Å². The van der Waals surface area contributed by atoms with Crippen molar-refractivity contribution in [1.82, 2.24) is 14.5 Å². The van der Waals surface area contributed by atoms with Crippen LogP contribution >= 0.6 is 0 Å². The van der Waals surface area contributed by atoms with Crippen LogP contribution in [0.5, 0.6) is 5.75 Å². The van der Waals surface area contributed by atoms with E-state index in [0.29, 0.717) is 17.9 Å². The Balaban J connectivity index is 2.07. The lowest BCUT2D eigenvalue weighted by Gasteiger charge is -2.18. The number of nitrogens with zero attached hydrogens (tertiary/aromatic N) is 3. The molecule has 0 atom stereocenters. The fourth-order valence-electron chi connectivity index (χ4n) is 2.01. The van der Waals surface area contributed by atoms with E-state index in [4.69, 9.17) is 4.74 Å². The Labute approximate surface area is 127 Å². The number of halogens is 2. The normalized spacial score (nSPS) is 10.8. The van der Waals surface area contributed by atoms with E-state index >= 15 is 0 Å². The van der Waals surface area contributed by atoms with Crippen molar-refractivity contribution >= 4 is 5.91 Å². The summed E-state index contributed by atoms with van der Waals surface area (Å²) >= 11 is 0. The molecule has 0 unspecified atom stereocenters. The molecule has 7 heteroatoms. The van der Waals surface area contributed by atoms with Crippen LogP contribution in [0.4, 0.5) is 8.78 Å². The number of alkyl halides is 2. The van der Waals surface area contributed by atoms with Gasteiger partial charge >= 0.3 is 6.55 Å². The van der Waals surface area contributed by atoms with Crippen molar-refractivity contribution < 1.29 is 18.3 Å². The minimum absolute atomic E-state index is 0.00336. The van der Waals surface area contributed by atoms with Crippen LogP contribution in [0, 0.1) is 0 Å². The summed E-state index contributed by atoms with van der Waals surface area (Å²) in [6, 6.07) is 6.68.